The molecule has 7 rings (SSSR count). The number of hydrogen-bond donors (Lipinski definition) is 3. The van der Waals surface area contributed by atoms with Gasteiger partial charge in [0.15, 0.2) is 0 Å². The molecule has 1 saturated carbocycles. The molecule has 1 aliphatic heterocycles. The number of aromatic amines is 2. The van der Waals surface area contributed by atoms with Crippen LogP contribution < -0.4 is 10.2 Å². The van der Waals surface area contributed by atoms with Crippen molar-refractivity contribution in [2.24, 2.45) is 5.92 Å². The molecule has 9 nitrogen and oxygen atoms in total. The number of benzene rings is 1. The number of piperazine rings is 1. The molecule has 0 spiro atoms. The van der Waals surface area contributed by atoms with Gasteiger partial charge >= 0.3 is 0 Å². The van der Waals surface area contributed by atoms with Gasteiger partial charge in [0.25, 0.3) is 0 Å². The summed E-state index contributed by atoms with van der Waals surface area (Å²) in [5.41, 5.74) is 6.52. The van der Waals surface area contributed by atoms with Crippen LogP contribution in [0.1, 0.15) is 19.3 Å². The Bertz CT molecular complexity index is 1640. The van der Waals surface area contributed by atoms with Crippen molar-refractivity contribution in [2.45, 2.75) is 19.3 Å². The molecule has 2 aliphatic rings. The first-order chi connectivity index (χ1) is 18.6. The van der Waals surface area contributed by atoms with Crippen LogP contribution in [0.5, 0.6) is 0 Å². The summed E-state index contributed by atoms with van der Waals surface area (Å²) in [4.78, 5) is 29.8. The third-order valence-corrected chi connectivity index (χ3v) is 7.96. The fourth-order valence-electron chi connectivity index (χ4n) is 5.42. The molecule has 9 heteroatoms. The molecule has 5 aromatic rings. The van der Waals surface area contributed by atoms with Crippen LogP contribution in [0.25, 0.3) is 44.3 Å². The Morgan fingerprint density at radius 1 is 0.974 bits per heavy atom. The summed E-state index contributed by atoms with van der Waals surface area (Å²) in [6.45, 7) is 3.99. The normalized spacial score (nSPS) is 16.7. The number of H-pyrrole nitrogens is 2. The number of rotatable bonds is 5. The highest BCUT2D eigenvalue weighted by molar-refractivity contribution is 6.00. The van der Waals surface area contributed by atoms with Crippen LogP contribution in [0, 0.1) is 5.92 Å². The molecule has 38 heavy (non-hydrogen) atoms. The van der Waals surface area contributed by atoms with Crippen molar-refractivity contribution >= 4 is 39.2 Å². The lowest BCUT2D eigenvalue weighted by Gasteiger charge is -2.33. The molecule has 0 radical (unpaired) electrons. The van der Waals surface area contributed by atoms with Gasteiger partial charge in [0.05, 0.1) is 28.6 Å². The van der Waals surface area contributed by atoms with Gasteiger partial charge in [-0.3, -0.25) is 14.9 Å². The quantitative estimate of drug-likeness (QED) is 0.320. The van der Waals surface area contributed by atoms with Crippen LogP contribution >= 0.6 is 0 Å². The number of hydrogen-bond acceptors (Lipinski definition) is 6. The molecular weight excluding hydrogens is 476 g/mol. The number of nitrogens with one attached hydrogen (secondary N) is 3. The first kappa shape index (κ1) is 22.9. The van der Waals surface area contributed by atoms with Gasteiger partial charge in [0, 0.05) is 60.8 Å². The standard InChI is InChI=1S/C29H30N8O/c1-36-9-11-37(12-10-36)28-23-15-26(33-24(23)7-8-31-28)27-22-14-19(5-6-25(22)34-35-27)20-13-21(17-30-16-20)32-29(38)18-3-2-4-18/h5-8,13-18,33H,2-4,9-12H2,1H3,(H,32,38)(H,34,35). The monoisotopic (exact) mass is 506 g/mol. The molecule has 3 N–H and O–H groups in total. The third-order valence-electron chi connectivity index (χ3n) is 7.96. The van der Waals surface area contributed by atoms with E-state index >= 15 is 0 Å². The van der Waals surface area contributed by atoms with Gasteiger partial charge in [0.2, 0.25) is 5.91 Å². The maximum Gasteiger partial charge on any atom is 0.227 e. The Kier molecular flexibility index (Phi) is 5.58. The summed E-state index contributed by atoms with van der Waals surface area (Å²) in [5.74, 6) is 1.24. The maximum atomic E-state index is 12.4. The van der Waals surface area contributed by atoms with Crippen molar-refractivity contribution in [2.75, 3.05) is 43.4 Å². The van der Waals surface area contributed by atoms with Crippen molar-refractivity contribution in [1.29, 1.82) is 0 Å². The first-order valence-electron chi connectivity index (χ1n) is 13.3. The van der Waals surface area contributed by atoms with Crippen LogP contribution in [0.15, 0.2) is 55.0 Å². The second-order valence-corrected chi connectivity index (χ2v) is 10.5. The minimum absolute atomic E-state index is 0.0898. The van der Waals surface area contributed by atoms with E-state index in [-0.39, 0.29) is 11.8 Å². The Morgan fingerprint density at radius 2 is 1.84 bits per heavy atom. The Morgan fingerprint density at radius 3 is 2.66 bits per heavy atom. The predicted molar refractivity (Wildman–Crippen MR) is 150 cm³/mol. The number of nitrogens with zero attached hydrogens (tertiary/aromatic N) is 5. The van der Waals surface area contributed by atoms with Crippen LogP contribution in [-0.4, -0.2) is 69.2 Å². The average molecular weight is 507 g/mol. The number of pyridine rings is 2. The fraction of sp³-hybridized carbons (Fsp3) is 0.310. The molecule has 0 bridgehead atoms. The highest BCUT2D eigenvalue weighted by Gasteiger charge is 2.25. The number of carbonyl (C=O) groups excluding carboxylic acids is 1. The molecule has 0 unspecified atom stereocenters. The number of aromatic nitrogens is 5. The number of amides is 1. The molecule has 1 amide bonds. The summed E-state index contributed by atoms with van der Waals surface area (Å²) >= 11 is 0. The van der Waals surface area contributed by atoms with Crippen molar-refractivity contribution in [3.8, 4) is 22.5 Å². The highest BCUT2D eigenvalue weighted by Crippen LogP contribution is 2.35. The molecule has 4 aromatic heterocycles. The zero-order chi connectivity index (χ0) is 25.6. The van der Waals surface area contributed by atoms with Gasteiger partial charge in [-0.05, 0) is 55.8 Å². The van der Waals surface area contributed by atoms with E-state index < -0.39 is 0 Å². The zero-order valence-electron chi connectivity index (χ0n) is 21.4. The highest BCUT2D eigenvalue weighted by atomic mass is 16.1. The van der Waals surface area contributed by atoms with Crippen LogP contribution in [0.2, 0.25) is 0 Å². The fourth-order valence-corrected chi connectivity index (χ4v) is 5.42. The average Bonchev–Trinajstić information content (AvgIpc) is 3.52. The molecular formula is C29H30N8O. The van der Waals surface area contributed by atoms with Gasteiger partial charge in [-0.25, -0.2) is 4.98 Å². The van der Waals surface area contributed by atoms with E-state index in [4.69, 9.17) is 4.98 Å². The lowest BCUT2D eigenvalue weighted by molar-refractivity contribution is -0.122. The predicted octanol–water partition coefficient (Wildman–Crippen LogP) is 4.66. The number of likely N-dealkylation sites (N-methyl/N-ethyl adjacent to an activating group) is 1. The summed E-state index contributed by atoms with van der Waals surface area (Å²) in [5, 5.41) is 13.0. The van der Waals surface area contributed by atoms with Crippen LogP contribution in [0.4, 0.5) is 11.5 Å². The molecule has 0 atom stereocenters. The van der Waals surface area contributed by atoms with Crippen LogP contribution in [0.3, 0.4) is 0 Å². The van der Waals surface area contributed by atoms with Crippen LogP contribution in [-0.2, 0) is 4.79 Å². The van der Waals surface area contributed by atoms with Crippen molar-refractivity contribution in [3.05, 3.63) is 55.0 Å². The summed E-state index contributed by atoms with van der Waals surface area (Å²) < 4.78 is 0. The third kappa shape index (κ3) is 4.09. The number of carbonyl (C=O) groups is 1. The van der Waals surface area contributed by atoms with E-state index in [0.29, 0.717) is 0 Å². The maximum absolute atomic E-state index is 12.4. The number of fused-ring (bicyclic) bond motifs is 2. The second-order valence-electron chi connectivity index (χ2n) is 10.5. The van der Waals surface area contributed by atoms with E-state index in [1.807, 2.05) is 30.6 Å². The first-order valence-corrected chi connectivity index (χ1v) is 13.3. The lowest BCUT2D eigenvalue weighted by atomic mass is 9.85. The van der Waals surface area contributed by atoms with Crippen molar-refractivity contribution < 1.29 is 4.79 Å². The van der Waals surface area contributed by atoms with Gasteiger partial charge in [-0.2, -0.15) is 5.10 Å². The van der Waals surface area contributed by atoms with Gasteiger partial charge in [0.1, 0.15) is 11.5 Å². The van der Waals surface area contributed by atoms with E-state index in [1.165, 1.54) is 0 Å². The Hall–Kier alpha value is -4.24. The number of anilines is 2. The molecule has 1 saturated heterocycles. The van der Waals surface area contributed by atoms with E-state index in [9.17, 15) is 4.79 Å². The smallest absolute Gasteiger partial charge is 0.227 e. The minimum atomic E-state index is 0.0898. The summed E-state index contributed by atoms with van der Waals surface area (Å²) in [6, 6.07) is 12.4. The van der Waals surface area contributed by atoms with E-state index in [0.717, 1.165) is 101 Å². The lowest BCUT2D eigenvalue weighted by Crippen LogP contribution is -2.44. The Labute approximate surface area is 220 Å². The topological polar surface area (TPSA) is 106 Å². The molecule has 1 aliphatic carbocycles. The molecule has 2 fully saturated rings. The Balaban J connectivity index is 1.22. The van der Waals surface area contributed by atoms with E-state index in [1.54, 1.807) is 6.20 Å². The minimum Gasteiger partial charge on any atom is -0.353 e. The summed E-state index contributed by atoms with van der Waals surface area (Å²) in [6.07, 6.45) is 8.49. The molecule has 192 valence electrons. The van der Waals surface area contributed by atoms with Gasteiger partial charge in [-0.15, -0.1) is 0 Å². The van der Waals surface area contributed by atoms with Gasteiger partial charge in [-0.1, -0.05) is 12.5 Å². The largest absolute Gasteiger partial charge is 0.353 e. The zero-order valence-corrected chi connectivity index (χ0v) is 21.4. The molecule has 1 aromatic carbocycles. The van der Waals surface area contributed by atoms with Gasteiger partial charge < -0.3 is 20.1 Å². The SMILES string of the molecule is CN1CCN(c2nccc3[nH]c(-c4n[nH]c5ccc(-c6cncc(NC(=O)C7CCC7)c6)cc45)cc23)CC1. The van der Waals surface area contributed by atoms with Crippen molar-refractivity contribution in [1.82, 2.24) is 30.0 Å². The molecule has 5 heterocycles. The second kappa shape index (κ2) is 9.25. The summed E-state index contributed by atoms with van der Waals surface area (Å²) in [7, 11) is 2.16. The van der Waals surface area contributed by atoms with E-state index in [2.05, 4.69) is 60.5 Å². The van der Waals surface area contributed by atoms with Crippen molar-refractivity contribution in [3.63, 3.8) is 0 Å².